The molecule has 0 unspecified atom stereocenters. The summed E-state index contributed by atoms with van der Waals surface area (Å²) in [5.74, 6) is 0.146. The minimum absolute atomic E-state index is 0.146. The van der Waals surface area contributed by atoms with Gasteiger partial charge >= 0.3 is 0 Å². The maximum Gasteiger partial charge on any atom is 0.156 e. The molecule has 66 valence electrons. The van der Waals surface area contributed by atoms with Crippen LogP contribution in [0.5, 0.6) is 0 Å². The quantitative estimate of drug-likeness (QED) is 0.669. The first-order chi connectivity index (χ1) is 6.16. The van der Waals surface area contributed by atoms with E-state index in [1.165, 1.54) is 5.56 Å². The van der Waals surface area contributed by atoms with Crippen molar-refractivity contribution in [1.82, 2.24) is 0 Å². The molecule has 1 aliphatic carbocycles. The Morgan fingerprint density at radius 1 is 1.46 bits per heavy atom. The van der Waals surface area contributed by atoms with Crippen molar-refractivity contribution in [2.24, 2.45) is 0 Å². The van der Waals surface area contributed by atoms with E-state index in [9.17, 15) is 4.79 Å². The maximum atomic E-state index is 11.1. The number of carbonyl (C=O) groups excluding carboxylic acids is 1. The Morgan fingerprint density at radius 3 is 2.92 bits per heavy atom. The van der Waals surface area contributed by atoms with Crippen molar-refractivity contribution < 1.29 is 4.79 Å². The summed E-state index contributed by atoms with van der Waals surface area (Å²) in [5.41, 5.74) is 3.14. The average molecular weight is 193 g/mol. The molecule has 13 heavy (non-hydrogen) atoms. The van der Waals surface area contributed by atoms with E-state index in [0.29, 0.717) is 0 Å². The van der Waals surface area contributed by atoms with Gasteiger partial charge in [-0.3, -0.25) is 4.79 Å². The molecule has 2 rings (SSSR count). The normalized spacial score (nSPS) is 13.8. The lowest BCUT2D eigenvalue weighted by Crippen LogP contribution is -1.94. The van der Waals surface area contributed by atoms with Crippen LogP contribution < -0.4 is 0 Å². The number of benzene rings is 1. The summed E-state index contributed by atoms with van der Waals surface area (Å²) in [6, 6.07) is 5.73. The third-order valence-electron chi connectivity index (χ3n) is 2.27. The van der Waals surface area contributed by atoms with Crippen molar-refractivity contribution in [3.05, 3.63) is 39.9 Å². The summed E-state index contributed by atoms with van der Waals surface area (Å²) in [5, 5.41) is 0.722. The van der Waals surface area contributed by atoms with Gasteiger partial charge in [0.15, 0.2) is 5.78 Å². The number of fused-ring (bicyclic) bond motifs is 1. The summed E-state index contributed by atoms with van der Waals surface area (Å²) < 4.78 is 0. The van der Waals surface area contributed by atoms with Crippen molar-refractivity contribution in [3.8, 4) is 0 Å². The largest absolute Gasteiger partial charge is 0.295 e. The number of hydrogen-bond donors (Lipinski definition) is 0. The Bertz CT molecular complexity index is 405. The van der Waals surface area contributed by atoms with Crippen molar-refractivity contribution in [2.75, 3.05) is 0 Å². The zero-order chi connectivity index (χ0) is 9.42. The van der Waals surface area contributed by atoms with Crippen LogP contribution in [0.25, 0.3) is 6.08 Å². The van der Waals surface area contributed by atoms with Gasteiger partial charge in [-0.1, -0.05) is 17.7 Å². The van der Waals surface area contributed by atoms with E-state index in [-0.39, 0.29) is 5.78 Å². The van der Waals surface area contributed by atoms with Gasteiger partial charge in [0.05, 0.1) is 0 Å². The van der Waals surface area contributed by atoms with Crippen LogP contribution in [0.4, 0.5) is 0 Å². The number of halogens is 1. The molecule has 0 aliphatic heterocycles. The van der Waals surface area contributed by atoms with Crippen molar-refractivity contribution in [2.45, 2.75) is 13.3 Å². The van der Waals surface area contributed by atoms with E-state index in [1.54, 1.807) is 6.92 Å². The minimum Gasteiger partial charge on any atom is -0.295 e. The number of hydrogen-bond acceptors (Lipinski definition) is 1. The Labute approximate surface area is 82.0 Å². The Hall–Kier alpha value is -1.08. The van der Waals surface area contributed by atoms with Gasteiger partial charge in [0, 0.05) is 11.4 Å². The van der Waals surface area contributed by atoms with Gasteiger partial charge in [-0.05, 0) is 41.8 Å². The van der Waals surface area contributed by atoms with Gasteiger partial charge in [0.1, 0.15) is 0 Å². The van der Waals surface area contributed by atoms with E-state index in [1.807, 2.05) is 24.3 Å². The molecule has 0 heterocycles. The molecule has 0 fully saturated rings. The minimum atomic E-state index is 0.146. The first kappa shape index (κ1) is 8.52. The van der Waals surface area contributed by atoms with Gasteiger partial charge in [0.25, 0.3) is 0 Å². The van der Waals surface area contributed by atoms with Crippen LogP contribution in [-0.2, 0) is 11.2 Å². The fraction of sp³-hybridized carbons (Fsp3) is 0.182. The third-order valence-corrected chi connectivity index (χ3v) is 2.51. The van der Waals surface area contributed by atoms with Gasteiger partial charge in [-0.2, -0.15) is 0 Å². The zero-order valence-electron chi connectivity index (χ0n) is 7.30. The highest BCUT2D eigenvalue weighted by Crippen LogP contribution is 2.27. The third kappa shape index (κ3) is 1.52. The van der Waals surface area contributed by atoms with Gasteiger partial charge in [0.2, 0.25) is 0 Å². The molecular formula is C11H9ClO. The lowest BCUT2D eigenvalue weighted by atomic mass is 10.1. The monoisotopic (exact) mass is 192 g/mol. The maximum absolute atomic E-state index is 11.1. The molecule has 0 aromatic heterocycles. The number of Topliss-reactive ketones (excluding diaryl/α,β-unsaturated/α-hetero) is 1. The first-order valence-corrected chi connectivity index (χ1v) is 4.54. The van der Waals surface area contributed by atoms with Crippen LogP contribution in [0.2, 0.25) is 5.02 Å². The number of carbonyl (C=O) groups is 1. The highest BCUT2D eigenvalue weighted by Gasteiger charge is 2.15. The average Bonchev–Trinajstić information content (AvgIpc) is 2.46. The smallest absolute Gasteiger partial charge is 0.156 e. The van der Waals surface area contributed by atoms with Gasteiger partial charge in [-0.25, -0.2) is 0 Å². The first-order valence-electron chi connectivity index (χ1n) is 4.17. The molecule has 0 amide bonds. The van der Waals surface area contributed by atoms with Crippen LogP contribution in [0.1, 0.15) is 18.1 Å². The highest BCUT2D eigenvalue weighted by molar-refractivity contribution is 6.30. The summed E-state index contributed by atoms with van der Waals surface area (Å²) in [6.45, 7) is 1.60. The van der Waals surface area contributed by atoms with Crippen molar-refractivity contribution in [1.29, 1.82) is 0 Å². The SMILES string of the molecule is CC(=O)C1=Cc2cc(Cl)ccc2C1. The Kier molecular flexibility index (Phi) is 1.97. The van der Waals surface area contributed by atoms with Crippen LogP contribution in [0.15, 0.2) is 23.8 Å². The molecule has 0 saturated carbocycles. The van der Waals surface area contributed by atoms with Gasteiger partial charge in [-0.15, -0.1) is 0 Å². The fourth-order valence-electron chi connectivity index (χ4n) is 1.53. The molecule has 1 nitrogen and oxygen atoms in total. The number of rotatable bonds is 1. The fourth-order valence-corrected chi connectivity index (χ4v) is 1.71. The lowest BCUT2D eigenvalue weighted by Gasteiger charge is -1.97. The van der Waals surface area contributed by atoms with E-state index in [2.05, 4.69) is 0 Å². The van der Waals surface area contributed by atoms with E-state index in [4.69, 9.17) is 11.6 Å². The van der Waals surface area contributed by atoms with E-state index < -0.39 is 0 Å². The summed E-state index contributed by atoms with van der Waals surface area (Å²) in [4.78, 5) is 11.1. The molecule has 2 heteroatoms. The molecule has 0 saturated heterocycles. The van der Waals surface area contributed by atoms with Crippen LogP contribution >= 0.6 is 11.6 Å². The predicted octanol–water partition coefficient (Wildman–Crippen LogP) is 2.87. The zero-order valence-corrected chi connectivity index (χ0v) is 8.06. The molecule has 1 aromatic carbocycles. The molecule has 0 bridgehead atoms. The summed E-state index contributed by atoms with van der Waals surface area (Å²) >= 11 is 5.84. The number of ketones is 1. The second-order valence-electron chi connectivity index (χ2n) is 3.25. The molecule has 0 atom stereocenters. The Balaban J connectivity index is 2.43. The molecular weight excluding hydrogens is 184 g/mol. The van der Waals surface area contributed by atoms with E-state index >= 15 is 0 Å². The van der Waals surface area contributed by atoms with Crippen LogP contribution in [0.3, 0.4) is 0 Å². The highest BCUT2D eigenvalue weighted by atomic mass is 35.5. The van der Waals surface area contributed by atoms with Crippen molar-refractivity contribution in [3.63, 3.8) is 0 Å². The Morgan fingerprint density at radius 2 is 2.23 bits per heavy atom. The predicted molar refractivity (Wildman–Crippen MR) is 53.8 cm³/mol. The standard InChI is InChI=1S/C11H9ClO/c1-7(13)9-4-8-2-3-11(12)6-10(8)5-9/h2-3,5-6H,4H2,1H3. The molecule has 0 spiro atoms. The molecule has 0 N–H and O–H groups in total. The summed E-state index contributed by atoms with van der Waals surface area (Å²) in [6.07, 6.45) is 2.67. The summed E-state index contributed by atoms with van der Waals surface area (Å²) in [7, 11) is 0. The molecule has 1 aromatic rings. The van der Waals surface area contributed by atoms with Crippen molar-refractivity contribution >= 4 is 23.5 Å². The number of allylic oxidation sites excluding steroid dienone is 1. The second kappa shape index (κ2) is 3.00. The molecule has 0 radical (unpaired) electrons. The molecule has 1 aliphatic rings. The van der Waals surface area contributed by atoms with Crippen LogP contribution in [-0.4, -0.2) is 5.78 Å². The topological polar surface area (TPSA) is 17.1 Å². The van der Waals surface area contributed by atoms with Gasteiger partial charge < -0.3 is 0 Å². The van der Waals surface area contributed by atoms with Crippen LogP contribution in [0, 0.1) is 0 Å². The van der Waals surface area contributed by atoms with E-state index in [0.717, 1.165) is 22.6 Å². The lowest BCUT2D eigenvalue weighted by molar-refractivity contribution is -0.113. The second-order valence-corrected chi connectivity index (χ2v) is 3.68.